The van der Waals surface area contributed by atoms with E-state index in [-0.39, 0.29) is 6.42 Å². The van der Waals surface area contributed by atoms with Crippen molar-refractivity contribution in [3.63, 3.8) is 0 Å². The molecule has 0 saturated heterocycles. The topological polar surface area (TPSA) is 110 Å². The summed E-state index contributed by atoms with van der Waals surface area (Å²) in [5.74, 6) is -1.73. The molecule has 1 aromatic heterocycles. The number of nitrogens with zero attached hydrogens (tertiary/aromatic N) is 1. The van der Waals surface area contributed by atoms with Gasteiger partial charge in [0.05, 0.1) is 0 Å². The Morgan fingerprint density at radius 1 is 1.13 bits per heavy atom. The smallest absolute Gasteiger partial charge is 0.408 e. The molecular weight excluding hydrogens is 386 g/mol. The molecule has 0 aliphatic carbocycles. The number of ether oxygens (including phenoxy) is 1. The molecule has 0 aliphatic heterocycles. The van der Waals surface area contributed by atoms with Crippen molar-refractivity contribution in [2.24, 2.45) is 7.05 Å². The highest BCUT2D eigenvalue weighted by Crippen LogP contribution is 2.22. The van der Waals surface area contributed by atoms with Gasteiger partial charge in [0.2, 0.25) is 5.91 Å². The molecule has 1 aromatic carbocycles. The van der Waals surface area contributed by atoms with E-state index < -0.39 is 35.2 Å². The van der Waals surface area contributed by atoms with Gasteiger partial charge in [-0.3, -0.25) is 4.79 Å². The maximum absolute atomic E-state index is 12.7. The highest BCUT2D eigenvalue weighted by Gasteiger charge is 2.34. The molecule has 0 radical (unpaired) electrons. The van der Waals surface area contributed by atoms with Crippen LogP contribution in [-0.2, 0) is 27.8 Å². The van der Waals surface area contributed by atoms with E-state index in [4.69, 9.17) is 4.74 Å². The lowest BCUT2D eigenvalue weighted by molar-refractivity contribution is -0.142. The van der Waals surface area contributed by atoms with Crippen molar-refractivity contribution in [3.05, 3.63) is 36.0 Å². The number of aryl methyl sites for hydroxylation is 2. The summed E-state index contributed by atoms with van der Waals surface area (Å²) in [7, 11) is 1.94. The molecule has 3 N–H and O–H groups in total. The Morgan fingerprint density at radius 2 is 1.77 bits per heavy atom. The molecule has 0 saturated carbocycles. The number of hydrogen-bond donors (Lipinski definition) is 3. The Bertz CT molecular complexity index is 940. The summed E-state index contributed by atoms with van der Waals surface area (Å²) >= 11 is 0. The Balaban J connectivity index is 2.04. The zero-order valence-corrected chi connectivity index (χ0v) is 18.4. The van der Waals surface area contributed by atoms with Crippen molar-refractivity contribution in [3.8, 4) is 0 Å². The molecule has 1 heterocycles. The fourth-order valence-electron chi connectivity index (χ4n) is 3.14. The number of carbonyl (C=O) groups excluding carboxylic acids is 2. The van der Waals surface area contributed by atoms with Gasteiger partial charge in [0.15, 0.2) is 0 Å². The van der Waals surface area contributed by atoms with E-state index in [0.29, 0.717) is 6.42 Å². The highest BCUT2D eigenvalue weighted by atomic mass is 16.6. The van der Waals surface area contributed by atoms with Crippen molar-refractivity contribution in [2.45, 2.75) is 64.6 Å². The number of carboxylic acids is 1. The van der Waals surface area contributed by atoms with Gasteiger partial charge in [-0.25, -0.2) is 9.59 Å². The van der Waals surface area contributed by atoms with E-state index in [1.165, 1.54) is 13.8 Å². The minimum atomic E-state index is -1.34. The van der Waals surface area contributed by atoms with Gasteiger partial charge >= 0.3 is 12.1 Å². The minimum absolute atomic E-state index is 0.220. The maximum atomic E-state index is 12.7. The third-order valence-electron chi connectivity index (χ3n) is 4.67. The fraction of sp³-hybridized carbons (Fsp3) is 0.500. The molecule has 1 atom stereocenters. The predicted molar refractivity (Wildman–Crippen MR) is 114 cm³/mol. The van der Waals surface area contributed by atoms with Crippen molar-refractivity contribution in [2.75, 3.05) is 0 Å². The first-order valence-corrected chi connectivity index (χ1v) is 9.88. The summed E-state index contributed by atoms with van der Waals surface area (Å²) in [5, 5.41) is 15.7. The lowest BCUT2D eigenvalue weighted by Crippen LogP contribution is -2.58. The molecule has 8 heteroatoms. The van der Waals surface area contributed by atoms with E-state index in [2.05, 4.69) is 10.6 Å². The second-order valence-electron chi connectivity index (χ2n) is 8.94. The lowest BCUT2D eigenvalue weighted by Gasteiger charge is -2.29. The van der Waals surface area contributed by atoms with Gasteiger partial charge in [0.1, 0.15) is 17.2 Å². The number of amides is 2. The third-order valence-corrected chi connectivity index (χ3v) is 4.67. The fourth-order valence-corrected chi connectivity index (χ4v) is 3.14. The number of alkyl carbamates (subject to hydrolysis) is 1. The standard InChI is InChI=1S/C22H31N3O5/c1-21(2,3)30-20(29)24-22(4,5)19(28)23-16(18(26)27)12-11-14-13-25(6)17-10-8-7-9-15(14)17/h7-10,13,16H,11-12H2,1-6H3,(H,23,28)(H,24,29)(H,26,27)/t16-/m1/s1. The number of carboxylic acid groups (broad SMARTS) is 1. The second-order valence-corrected chi connectivity index (χ2v) is 8.94. The van der Waals surface area contributed by atoms with Gasteiger partial charge in [0, 0.05) is 24.1 Å². The van der Waals surface area contributed by atoms with E-state index in [1.54, 1.807) is 20.8 Å². The molecule has 0 unspecified atom stereocenters. The number of carbonyl (C=O) groups is 3. The summed E-state index contributed by atoms with van der Waals surface area (Å²) in [5.41, 5.74) is 0.0274. The van der Waals surface area contributed by atoms with Crippen LogP contribution in [0.2, 0.25) is 0 Å². The maximum Gasteiger partial charge on any atom is 0.408 e. The monoisotopic (exact) mass is 417 g/mol. The summed E-state index contributed by atoms with van der Waals surface area (Å²) < 4.78 is 7.17. The van der Waals surface area contributed by atoms with Crippen LogP contribution in [-0.4, -0.2) is 44.8 Å². The predicted octanol–water partition coefficient (Wildman–Crippen LogP) is 2.98. The number of benzene rings is 1. The molecule has 0 bridgehead atoms. The molecular formula is C22H31N3O5. The largest absolute Gasteiger partial charge is 0.480 e. The van der Waals surface area contributed by atoms with E-state index in [0.717, 1.165) is 16.5 Å². The average Bonchev–Trinajstić information content (AvgIpc) is 2.92. The number of rotatable bonds is 7. The summed E-state index contributed by atoms with van der Waals surface area (Å²) in [4.78, 5) is 36.4. The normalized spacial score (nSPS) is 13.0. The van der Waals surface area contributed by atoms with Crippen LogP contribution < -0.4 is 10.6 Å². The number of para-hydroxylation sites is 1. The van der Waals surface area contributed by atoms with Crippen LogP contribution in [0.3, 0.4) is 0 Å². The second kappa shape index (κ2) is 8.77. The van der Waals surface area contributed by atoms with Crippen LogP contribution in [0.15, 0.2) is 30.5 Å². The number of aromatic nitrogens is 1. The highest BCUT2D eigenvalue weighted by molar-refractivity contribution is 5.92. The van der Waals surface area contributed by atoms with Crippen molar-refractivity contribution < 1.29 is 24.2 Å². The van der Waals surface area contributed by atoms with Crippen LogP contribution in [0.25, 0.3) is 10.9 Å². The SMILES string of the molecule is Cn1cc(CC[C@@H](NC(=O)C(C)(C)NC(=O)OC(C)(C)C)C(=O)O)c2ccccc21. The van der Waals surface area contributed by atoms with Gasteiger partial charge < -0.3 is 25.0 Å². The Morgan fingerprint density at radius 3 is 2.37 bits per heavy atom. The molecule has 2 rings (SSSR count). The van der Waals surface area contributed by atoms with Gasteiger partial charge in [-0.15, -0.1) is 0 Å². The number of aliphatic carboxylic acids is 1. The van der Waals surface area contributed by atoms with Crippen LogP contribution >= 0.6 is 0 Å². The summed E-state index contributed by atoms with van der Waals surface area (Å²) in [6, 6.07) is 6.79. The first-order valence-electron chi connectivity index (χ1n) is 9.88. The van der Waals surface area contributed by atoms with Gasteiger partial charge in [0.25, 0.3) is 0 Å². The molecule has 0 spiro atoms. The molecule has 8 nitrogen and oxygen atoms in total. The summed E-state index contributed by atoms with van der Waals surface area (Å²) in [6.45, 7) is 8.14. The molecule has 2 amide bonds. The first kappa shape index (κ1) is 23.3. The van der Waals surface area contributed by atoms with Gasteiger partial charge in [-0.1, -0.05) is 18.2 Å². The van der Waals surface area contributed by atoms with Crippen molar-refractivity contribution in [1.29, 1.82) is 0 Å². The average molecular weight is 418 g/mol. The molecule has 0 aliphatic rings. The summed E-state index contributed by atoms with van der Waals surface area (Å²) in [6.07, 6.45) is 1.93. The quantitative estimate of drug-likeness (QED) is 0.642. The molecule has 30 heavy (non-hydrogen) atoms. The molecule has 164 valence electrons. The van der Waals surface area contributed by atoms with Gasteiger partial charge in [-0.2, -0.15) is 0 Å². The van der Waals surface area contributed by atoms with Crippen LogP contribution in [0.5, 0.6) is 0 Å². The van der Waals surface area contributed by atoms with Crippen LogP contribution in [0.4, 0.5) is 4.79 Å². The number of fused-ring (bicyclic) bond motifs is 1. The molecule has 2 aromatic rings. The Kier molecular flexibility index (Phi) is 6.80. The van der Waals surface area contributed by atoms with Crippen molar-refractivity contribution >= 4 is 28.9 Å². The molecule has 0 fully saturated rings. The van der Waals surface area contributed by atoms with Crippen LogP contribution in [0.1, 0.15) is 46.6 Å². The number of nitrogens with one attached hydrogen (secondary N) is 2. The van der Waals surface area contributed by atoms with Gasteiger partial charge in [-0.05, 0) is 59.1 Å². The van der Waals surface area contributed by atoms with E-state index >= 15 is 0 Å². The first-order chi connectivity index (χ1) is 13.8. The van der Waals surface area contributed by atoms with Crippen LogP contribution in [0, 0.1) is 0 Å². The third kappa shape index (κ3) is 5.98. The Labute approximate surface area is 176 Å². The van der Waals surface area contributed by atoms with E-state index in [1.807, 2.05) is 42.1 Å². The lowest BCUT2D eigenvalue weighted by atomic mass is 10.0. The zero-order chi connectivity index (χ0) is 22.7. The van der Waals surface area contributed by atoms with E-state index in [9.17, 15) is 19.5 Å². The zero-order valence-electron chi connectivity index (χ0n) is 18.4. The minimum Gasteiger partial charge on any atom is -0.480 e. The Hall–Kier alpha value is -3.03. The van der Waals surface area contributed by atoms with Crippen molar-refractivity contribution in [1.82, 2.24) is 15.2 Å². The number of hydrogen-bond acceptors (Lipinski definition) is 4.